The van der Waals surface area contributed by atoms with Crippen LogP contribution in [-0.2, 0) is 17.3 Å². The van der Waals surface area contributed by atoms with Crippen molar-refractivity contribution in [2.24, 2.45) is 0 Å². The van der Waals surface area contributed by atoms with E-state index in [1.165, 1.54) is 0 Å². The van der Waals surface area contributed by atoms with Crippen molar-refractivity contribution in [1.29, 1.82) is 0 Å². The molecule has 1 unspecified atom stereocenters. The van der Waals surface area contributed by atoms with Gasteiger partial charge in [-0.05, 0) is 6.92 Å². The first kappa shape index (κ1) is 11.3. The average molecular weight is 217 g/mol. The Morgan fingerprint density at radius 1 is 1.50 bits per heavy atom. The summed E-state index contributed by atoms with van der Waals surface area (Å²) in [6, 6.07) is 0. The van der Waals surface area contributed by atoms with E-state index in [2.05, 4.69) is 20.3 Å². The van der Waals surface area contributed by atoms with E-state index < -0.39 is 10.8 Å². The highest BCUT2D eigenvalue weighted by Crippen LogP contribution is 1.98. The van der Waals surface area contributed by atoms with E-state index >= 15 is 0 Å². The second-order valence-electron chi connectivity index (χ2n) is 2.91. The smallest absolute Gasteiger partial charge is 0.121 e. The Hall–Kier alpha value is -0.750. The largest absolute Gasteiger partial charge is 0.310 e. The van der Waals surface area contributed by atoms with Crippen LogP contribution in [0.4, 0.5) is 0 Å². The summed E-state index contributed by atoms with van der Waals surface area (Å²) >= 11 is 0. The zero-order valence-electron chi connectivity index (χ0n) is 8.45. The summed E-state index contributed by atoms with van der Waals surface area (Å²) in [5.41, 5.74) is 1.61. The van der Waals surface area contributed by atoms with Gasteiger partial charge in [-0.1, -0.05) is 17.2 Å². The molecule has 1 N–H and O–H groups in total. The van der Waals surface area contributed by atoms with Gasteiger partial charge in [0.05, 0.1) is 0 Å². The molecule has 5 nitrogen and oxygen atoms in total. The molecule has 1 aromatic rings. The van der Waals surface area contributed by atoms with Crippen LogP contribution in [0, 0.1) is 6.92 Å². The summed E-state index contributed by atoms with van der Waals surface area (Å²) < 4.78 is 15.6. The molecule has 0 saturated heterocycles. The van der Waals surface area contributed by atoms with Gasteiger partial charge in [-0.3, -0.25) is 4.21 Å². The zero-order valence-corrected chi connectivity index (χ0v) is 9.26. The van der Waals surface area contributed by atoms with Crippen molar-refractivity contribution in [3.63, 3.8) is 0 Å². The predicted molar refractivity (Wildman–Crippen MR) is 54.3 cm³/mol. The molecule has 0 aliphatic rings. The molecule has 0 amide bonds. The molecule has 6 heteroatoms. The molecular formula is C8H15N3O2S. The topological polar surface area (TPSA) is 68.0 Å². The number of rotatable bonds is 6. The summed E-state index contributed by atoms with van der Waals surface area (Å²) in [5, 5.41) is 10.5. The molecular weight excluding hydrogens is 202 g/mol. The van der Waals surface area contributed by atoms with E-state index in [4.69, 9.17) is 0 Å². The number of hydrogen-bond donors (Lipinski definition) is 1. The highest BCUT2D eigenvalue weighted by Gasteiger charge is 2.03. The van der Waals surface area contributed by atoms with Crippen molar-refractivity contribution >= 4 is 10.8 Å². The van der Waals surface area contributed by atoms with Gasteiger partial charge in [-0.2, -0.15) is 0 Å². The summed E-state index contributed by atoms with van der Waals surface area (Å²) in [6.07, 6.45) is 0. The Kier molecular flexibility index (Phi) is 4.75. The molecule has 1 rings (SSSR count). The lowest BCUT2D eigenvalue weighted by Crippen LogP contribution is -2.21. The van der Waals surface area contributed by atoms with Gasteiger partial charge in [-0.15, -0.1) is 0 Å². The van der Waals surface area contributed by atoms with Crippen molar-refractivity contribution in [3.05, 3.63) is 11.4 Å². The molecule has 1 aromatic heterocycles. The van der Waals surface area contributed by atoms with Gasteiger partial charge >= 0.3 is 0 Å². The Morgan fingerprint density at radius 2 is 2.29 bits per heavy atom. The first-order valence-corrected chi connectivity index (χ1v) is 6.06. The maximum absolute atomic E-state index is 11.1. The minimum Gasteiger partial charge on any atom is -0.310 e. The van der Waals surface area contributed by atoms with Crippen molar-refractivity contribution < 1.29 is 8.84 Å². The first-order chi connectivity index (χ1) is 6.74. The van der Waals surface area contributed by atoms with Gasteiger partial charge in [-0.25, -0.2) is 4.63 Å². The van der Waals surface area contributed by atoms with Crippen LogP contribution in [0.2, 0.25) is 0 Å². The predicted octanol–water partition coefficient (Wildman–Crippen LogP) is 0.236. The number of aryl methyl sites for hydroxylation is 1. The maximum atomic E-state index is 11.1. The molecule has 0 aliphatic carbocycles. The molecule has 14 heavy (non-hydrogen) atoms. The fourth-order valence-corrected chi connectivity index (χ4v) is 1.61. The standard InChI is InChI=1S/C8H15N3O2S/c1-3-14(12)5-4-9-6-8-7(2)10-13-11-8/h9H,3-6H2,1-2H3. The van der Waals surface area contributed by atoms with Crippen LogP contribution in [0.15, 0.2) is 4.63 Å². The summed E-state index contributed by atoms with van der Waals surface area (Å²) in [4.78, 5) is 0. The van der Waals surface area contributed by atoms with Crippen LogP contribution in [0.25, 0.3) is 0 Å². The normalized spacial score (nSPS) is 13.0. The van der Waals surface area contributed by atoms with Gasteiger partial charge in [0.2, 0.25) is 0 Å². The van der Waals surface area contributed by atoms with Gasteiger partial charge in [0.1, 0.15) is 11.4 Å². The van der Waals surface area contributed by atoms with E-state index in [-0.39, 0.29) is 0 Å². The Balaban J connectivity index is 2.16. The molecule has 0 fully saturated rings. The lowest BCUT2D eigenvalue weighted by atomic mass is 10.3. The second kappa shape index (κ2) is 5.87. The fourth-order valence-electron chi connectivity index (χ4n) is 0.947. The van der Waals surface area contributed by atoms with Gasteiger partial charge in [0, 0.05) is 35.4 Å². The van der Waals surface area contributed by atoms with Gasteiger partial charge < -0.3 is 5.32 Å². The highest BCUT2D eigenvalue weighted by molar-refractivity contribution is 7.84. The average Bonchev–Trinajstić information content (AvgIpc) is 2.58. The minimum absolute atomic E-state index is 0.621. The molecule has 1 atom stereocenters. The molecule has 1 heterocycles. The highest BCUT2D eigenvalue weighted by atomic mass is 32.2. The third-order valence-electron chi connectivity index (χ3n) is 1.87. The van der Waals surface area contributed by atoms with Crippen LogP contribution in [-0.4, -0.2) is 32.6 Å². The molecule has 0 radical (unpaired) electrons. The number of nitrogens with zero attached hydrogens (tertiary/aromatic N) is 2. The summed E-state index contributed by atoms with van der Waals surface area (Å²) in [6.45, 7) is 5.11. The van der Waals surface area contributed by atoms with Gasteiger partial charge in [0.15, 0.2) is 0 Å². The van der Waals surface area contributed by atoms with E-state index in [1.54, 1.807) is 0 Å². The van der Waals surface area contributed by atoms with E-state index in [0.29, 0.717) is 18.1 Å². The summed E-state index contributed by atoms with van der Waals surface area (Å²) in [5.74, 6) is 1.40. The lowest BCUT2D eigenvalue weighted by molar-refractivity contribution is 0.300. The Labute approximate surface area is 85.7 Å². The van der Waals surface area contributed by atoms with Crippen molar-refractivity contribution in [2.45, 2.75) is 20.4 Å². The third kappa shape index (κ3) is 3.55. The molecule has 0 bridgehead atoms. The molecule has 80 valence electrons. The maximum Gasteiger partial charge on any atom is 0.121 e. The van der Waals surface area contributed by atoms with Crippen LogP contribution in [0.1, 0.15) is 18.3 Å². The van der Waals surface area contributed by atoms with Crippen LogP contribution >= 0.6 is 0 Å². The minimum atomic E-state index is -0.703. The summed E-state index contributed by atoms with van der Waals surface area (Å²) in [7, 11) is -0.703. The second-order valence-corrected chi connectivity index (χ2v) is 4.77. The van der Waals surface area contributed by atoms with E-state index in [0.717, 1.165) is 17.9 Å². The first-order valence-electron chi connectivity index (χ1n) is 4.57. The van der Waals surface area contributed by atoms with Gasteiger partial charge in [0.25, 0.3) is 0 Å². The molecule has 0 aromatic carbocycles. The fraction of sp³-hybridized carbons (Fsp3) is 0.750. The monoisotopic (exact) mass is 217 g/mol. The SMILES string of the molecule is CCS(=O)CCNCc1nonc1C. The number of hydrogen-bond acceptors (Lipinski definition) is 5. The molecule has 0 aliphatic heterocycles. The third-order valence-corrected chi connectivity index (χ3v) is 3.17. The Morgan fingerprint density at radius 3 is 2.86 bits per heavy atom. The van der Waals surface area contributed by atoms with E-state index in [9.17, 15) is 4.21 Å². The zero-order chi connectivity index (χ0) is 10.4. The van der Waals surface area contributed by atoms with Crippen molar-refractivity contribution in [3.8, 4) is 0 Å². The van der Waals surface area contributed by atoms with Crippen molar-refractivity contribution in [2.75, 3.05) is 18.1 Å². The quantitative estimate of drug-likeness (QED) is 0.691. The molecule has 0 saturated carbocycles. The van der Waals surface area contributed by atoms with Crippen molar-refractivity contribution in [1.82, 2.24) is 15.6 Å². The van der Waals surface area contributed by atoms with E-state index in [1.807, 2.05) is 13.8 Å². The molecule has 0 spiro atoms. The van der Waals surface area contributed by atoms with Crippen LogP contribution in [0.3, 0.4) is 0 Å². The number of aromatic nitrogens is 2. The number of nitrogens with one attached hydrogen (secondary N) is 1. The lowest BCUT2D eigenvalue weighted by Gasteiger charge is -2.01. The van der Waals surface area contributed by atoms with Crippen LogP contribution < -0.4 is 5.32 Å². The van der Waals surface area contributed by atoms with Crippen LogP contribution in [0.5, 0.6) is 0 Å². The Bertz CT molecular complexity index is 301.